The van der Waals surface area contributed by atoms with Crippen LogP contribution in [0.25, 0.3) is 0 Å². The van der Waals surface area contributed by atoms with Gasteiger partial charge in [0.15, 0.2) is 0 Å². The molecule has 2 aliphatic rings. The van der Waals surface area contributed by atoms with Crippen LogP contribution in [0.1, 0.15) is 12.0 Å². The summed E-state index contributed by atoms with van der Waals surface area (Å²) < 4.78 is 46.1. The summed E-state index contributed by atoms with van der Waals surface area (Å²) >= 11 is 0. The van der Waals surface area contributed by atoms with Crippen molar-refractivity contribution in [3.63, 3.8) is 0 Å². The van der Waals surface area contributed by atoms with E-state index in [9.17, 15) is 18.3 Å². The maximum Gasteiger partial charge on any atom is 0.573 e. The van der Waals surface area contributed by atoms with Crippen molar-refractivity contribution in [3.05, 3.63) is 23.8 Å². The Morgan fingerprint density at radius 2 is 2.09 bits per heavy atom. The number of aliphatic hydroxyl groups is 1. The molecular weight excluding hydrogens is 299 g/mol. The van der Waals surface area contributed by atoms with E-state index in [1.807, 2.05) is 0 Å². The predicted molar refractivity (Wildman–Crippen MR) is 74.0 cm³/mol. The smallest absolute Gasteiger partial charge is 0.406 e. The molecule has 0 amide bonds. The van der Waals surface area contributed by atoms with Crippen molar-refractivity contribution in [3.8, 4) is 5.75 Å². The van der Waals surface area contributed by atoms with Gasteiger partial charge in [-0.2, -0.15) is 0 Å². The molecule has 2 heterocycles. The average molecular weight is 317 g/mol. The molecule has 122 valence electrons. The molecule has 0 spiro atoms. The molecular formula is C15H18F3NO3. The summed E-state index contributed by atoms with van der Waals surface area (Å²) in [7, 11) is 0. The Labute approximate surface area is 126 Å². The number of hydrogen-bond donors (Lipinski definition) is 1. The zero-order valence-corrected chi connectivity index (χ0v) is 12.0. The molecule has 1 aromatic carbocycles. The highest BCUT2D eigenvalue weighted by atomic mass is 19.4. The summed E-state index contributed by atoms with van der Waals surface area (Å²) in [5, 5.41) is 9.54. The minimum absolute atomic E-state index is 0.0497. The molecule has 1 fully saturated rings. The van der Waals surface area contributed by atoms with Gasteiger partial charge in [0.25, 0.3) is 0 Å². The number of alkyl halides is 3. The molecule has 3 rings (SSSR count). The van der Waals surface area contributed by atoms with Gasteiger partial charge in [-0.25, -0.2) is 0 Å². The van der Waals surface area contributed by atoms with E-state index in [-0.39, 0.29) is 17.8 Å². The lowest BCUT2D eigenvalue weighted by molar-refractivity contribution is -0.274. The molecule has 0 radical (unpaired) electrons. The highest BCUT2D eigenvalue weighted by Crippen LogP contribution is 2.36. The normalized spacial score (nSPS) is 20.3. The SMILES string of the molecule is OCC1(CN2CCCc3cc(OC(F)(F)F)ccc32)COC1. The number of fused-ring (bicyclic) bond motifs is 1. The van der Waals surface area contributed by atoms with E-state index in [2.05, 4.69) is 9.64 Å². The first-order chi connectivity index (χ1) is 10.4. The maximum absolute atomic E-state index is 12.3. The Kier molecular flexibility index (Phi) is 3.94. The van der Waals surface area contributed by atoms with Crippen molar-refractivity contribution in [2.75, 3.05) is 37.8 Å². The third-order valence-electron chi connectivity index (χ3n) is 4.18. The Balaban J connectivity index is 1.78. The van der Waals surface area contributed by atoms with Gasteiger partial charge >= 0.3 is 6.36 Å². The van der Waals surface area contributed by atoms with Crippen molar-refractivity contribution in [1.82, 2.24) is 0 Å². The average Bonchev–Trinajstić information content (AvgIpc) is 2.41. The monoisotopic (exact) mass is 317 g/mol. The van der Waals surface area contributed by atoms with E-state index in [1.165, 1.54) is 12.1 Å². The van der Waals surface area contributed by atoms with Crippen molar-refractivity contribution in [1.29, 1.82) is 0 Å². The molecule has 0 unspecified atom stereocenters. The third-order valence-corrected chi connectivity index (χ3v) is 4.18. The van der Waals surface area contributed by atoms with Crippen LogP contribution < -0.4 is 9.64 Å². The second-order valence-electron chi connectivity index (χ2n) is 6.01. The van der Waals surface area contributed by atoms with Crippen molar-refractivity contribution in [2.24, 2.45) is 5.41 Å². The van der Waals surface area contributed by atoms with Crippen LogP contribution in [0.4, 0.5) is 18.9 Å². The van der Waals surface area contributed by atoms with Crippen molar-refractivity contribution in [2.45, 2.75) is 19.2 Å². The lowest BCUT2D eigenvalue weighted by Gasteiger charge is -2.45. The fraction of sp³-hybridized carbons (Fsp3) is 0.600. The number of nitrogens with zero attached hydrogens (tertiary/aromatic N) is 1. The second kappa shape index (κ2) is 5.62. The number of anilines is 1. The Hall–Kier alpha value is -1.47. The van der Waals surface area contributed by atoms with E-state index in [0.29, 0.717) is 19.8 Å². The van der Waals surface area contributed by atoms with E-state index in [0.717, 1.165) is 30.6 Å². The highest BCUT2D eigenvalue weighted by molar-refractivity contribution is 5.58. The number of ether oxygens (including phenoxy) is 2. The molecule has 22 heavy (non-hydrogen) atoms. The number of aryl methyl sites for hydroxylation is 1. The lowest BCUT2D eigenvalue weighted by atomic mass is 9.85. The summed E-state index contributed by atoms with van der Waals surface area (Å²) in [5.41, 5.74) is 1.51. The van der Waals surface area contributed by atoms with Gasteiger partial charge < -0.3 is 19.5 Å². The minimum atomic E-state index is -4.67. The van der Waals surface area contributed by atoms with E-state index in [1.54, 1.807) is 6.07 Å². The first-order valence-corrected chi connectivity index (χ1v) is 7.23. The molecule has 0 aromatic heterocycles. The maximum atomic E-state index is 12.3. The molecule has 1 N–H and O–H groups in total. The fourth-order valence-corrected chi connectivity index (χ4v) is 3.04. The Morgan fingerprint density at radius 1 is 1.32 bits per heavy atom. The number of halogens is 3. The largest absolute Gasteiger partial charge is 0.573 e. The van der Waals surface area contributed by atoms with E-state index >= 15 is 0 Å². The molecule has 4 nitrogen and oxygen atoms in total. The number of benzene rings is 1. The van der Waals surface area contributed by atoms with Gasteiger partial charge in [0, 0.05) is 18.8 Å². The summed E-state index contributed by atoms with van der Waals surface area (Å²) in [5.74, 6) is -0.183. The molecule has 1 aromatic rings. The first kappa shape index (κ1) is 15.4. The molecule has 0 saturated carbocycles. The third kappa shape index (κ3) is 3.15. The molecule has 0 bridgehead atoms. The topological polar surface area (TPSA) is 41.9 Å². The standard InChI is InChI=1S/C15H18F3NO3/c16-15(17,18)22-12-3-4-13-11(6-12)2-1-5-19(13)7-14(8-20)9-21-10-14/h3-4,6,20H,1-2,5,7-10H2. The summed E-state index contributed by atoms with van der Waals surface area (Å²) in [6, 6.07) is 4.46. The van der Waals surface area contributed by atoms with Crippen molar-refractivity contribution < 1.29 is 27.8 Å². The predicted octanol–water partition coefficient (Wildman–Crippen LogP) is 2.35. The van der Waals surface area contributed by atoms with Crippen LogP contribution in [-0.4, -0.2) is 44.4 Å². The van der Waals surface area contributed by atoms with Crippen LogP contribution >= 0.6 is 0 Å². The van der Waals surface area contributed by atoms with Gasteiger partial charge in [0.1, 0.15) is 5.75 Å². The van der Waals surface area contributed by atoms with Crippen LogP contribution in [0.2, 0.25) is 0 Å². The van der Waals surface area contributed by atoms with Crippen LogP contribution in [0.3, 0.4) is 0 Å². The molecule has 0 atom stereocenters. The van der Waals surface area contributed by atoms with Crippen LogP contribution in [-0.2, 0) is 11.2 Å². The van der Waals surface area contributed by atoms with Gasteiger partial charge in [-0.15, -0.1) is 13.2 Å². The first-order valence-electron chi connectivity index (χ1n) is 7.23. The highest BCUT2D eigenvalue weighted by Gasteiger charge is 2.40. The number of rotatable bonds is 4. The minimum Gasteiger partial charge on any atom is -0.406 e. The fourth-order valence-electron chi connectivity index (χ4n) is 3.04. The van der Waals surface area contributed by atoms with Crippen LogP contribution in [0, 0.1) is 5.41 Å². The zero-order chi connectivity index (χ0) is 15.8. The summed E-state index contributed by atoms with van der Waals surface area (Å²) in [6.45, 7) is 2.56. The zero-order valence-electron chi connectivity index (χ0n) is 12.0. The van der Waals surface area contributed by atoms with Gasteiger partial charge in [0.2, 0.25) is 0 Å². The van der Waals surface area contributed by atoms with Gasteiger partial charge in [0.05, 0.1) is 25.2 Å². The van der Waals surface area contributed by atoms with E-state index < -0.39 is 6.36 Å². The summed E-state index contributed by atoms with van der Waals surface area (Å²) in [4.78, 5) is 2.12. The number of hydrogen-bond acceptors (Lipinski definition) is 4. The molecule has 0 aliphatic carbocycles. The quantitative estimate of drug-likeness (QED) is 0.926. The number of aliphatic hydroxyl groups excluding tert-OH is 1. The molecule has 2 aliphatic heterocycles. The van der Waals surface area contributed by atoms with Crippen LogP contribution in [0.5, 0.6) is 5.75 Å². The Morgan fingerprint density at radius 3 is 2.68 bits per heavy atom. The van der Waals surface area contributed by atoms with Crippen molar-refractivity contribution >= 4 is 5.69 Å². The van der Waals surface area contributed by atoms with Gasteiger partial charge in [-0.05, 0) is 36.6 Å². The molecule has 7 heteroatoms. The second-order valence-corrected chi connectivity index (χ2v) is 6.01. The molecule has 1 saturated heterocycles. The summed E-state index contributed by atoms with van der Waals surface area (Å²) in [6.07, 6.45) is -3.08. The van der Waals surface area contributed by atoms with Crippen LogP contribution in [0.15, 0.2) is 18.2 Å². The van der Waals surface area contributed by atoms with E-state index in [4.69, 9.17) is 4.74 Å². The lowest BCUT2D eigenvalue weighted by Crippen LogP contribution is -2.54. The van der Waals surface area contributed by atoms with Gasteiger partial charge in [-0.1, -0.05) is 0 Å². The van der Waals surface area contributed by atoms with Gasteiger partial charge in [-0.3, -0.25) is 0 Å². The Bertz CT molecular complexity index is 538.